The van der Waals surface area contributed by atoms with Crippen LogP contribution >= 0.6 is 0 Å². The van der Waals surface area contributed by atoms with Crippen molar-refractivity contribution in [1.29, 1.82) is 0 Å². The summed E-state index contributed by atoms with van der Waals surface area (Å²) in [5, 5.41) is 3.82. The minimum Gasteiger partial charge on any atom is -0.362 e. The molecule has 2 aromatic heterocycles. The van der Waals surface area contributed by atoms with Crippen molar-refractivity contribution in [3.8, 4) is 0 Å². The minimum absolute atomic E-state index is 0.303. The van der Waals surface area contributed by atoms with Crippen molar-refractivity contribution in [3.05, 3.63) is 48.6 Å². The van der Waals surface area contributed by atoms with Crippen LogP contribution in [0.1, 0.15) is 5.82 Å². The number of imidazole rings is 1. The number of anilines is 1. The Balaban J connectivity index is 1.92. The van der Waals surface area contributed by atoms with Gasteiger partial charge in [0.15, 0.2) is 0 Å². The molecule has 0 saturated heterocycles. The monoisotopic (exact) mass is 257 g/mol. The Bertz CT molecular complexity index is 722. The molecule has 6 heteroatoms. The molecule has 3 aromatic rings. The van der Waals surface area contributed by atoms with Crippen molar-refractivity contribution in [2.75, 3.05) is 5.32 Å². The van der Waals surface area contributed by atoms with Crippen LogP contribution in [0.3, 0.4) is 0 Å². The number of halogens is 1. The van der Waals surface area contributed by atoms with E-state index >= 15 is 0 Å². The van der Waals surface area contributed by atoms with E-state index in [1.54, 1.807) is 12.3 Å². The molecule has 0 aliphatic carbocycles. The molecule has 1 N–H and O–H groups in total. The van der Waals surface area contributed by atoms with Crippen LogP contribution < -0.4 is 5.32 Å². The lowest BCUT2D eigenvalue weighted by Gasteiger charge is -2.08. The molecule has 0 unspecified atom stereocenters. The van der Waals surface area contributed by atoms with Crippen molar-refractivity contribution in [2.24, 2.45) is 7.05 Å². The Morgan fingerprint density at radius 3 is 2.95 bits per heavy atom. The smallest absolute Gasteiger partial charge is 0.137 e. The second-order valence-corrected chi connectivity index (χ2v) is 4.19. The van der Waals surface area contributed by atoms with Crippen molar-refractivity contribution in [3.63, 3.8) is 0 Å². The first-order chi connectivity index (χ1) is 9.24. The highest BCUT2D eigenvalue weighted by Crippen LogP contribution is 2.20. The van der Waals surface area contributed by atoms with Crippen molar-refractivity contribution < 1.29 is 4.39 Å². The van der Waals surface area contributed by atoms with Crippen molar-refractivity contribution >= 4 is 16.7 Å². The number of nitrogens with one attached hydrogen (secondary N) is 1. The number of nitrogens with zero attached hydrogens (tertiary/aromatic N) is 4. The Kier molecular flexibility index (Phi) is 2.83. The van der Waals surface area contributed by atoms with Gasteiger partial charge in [0.25, 0.3) is 0 Å². The fourth-order valence-corrected chi connectivity index (χ4v) is 1.90. The van der Waals surface area contributed by atoms with E-state index in [9.17, 15) is 4.39 Å². The van der Waals surface area contributed by atoms with Crippen LogP contribution in [0.4, 0.5) is 10.2 Å². The number of benzene rings is 1. The summed E-state index contributed by atoms with van der Waals surface area (Å²) in [5.41, 5.74) is 0.707. The normalized spacial score (nSPS) is 10.8. The van der Waals surface area contributed by atoms with E-state index in [1.807, 2.05) is 17.8 Å². The zero-order valence-electron chi connectivity index (χ0n) is 10.3. The van der Waals surface area contributed by atoms with Crippen LogP contribution in [-0.4, -0.2) is 19.5 Å². The van der Waals surface area contributed by atoms with E-state index in [2.05, 4.69) is 20.3 Å². The Morgan fingerprint density at radius 1 is 1.26 bits per heavy atom. The molecule has 3 rings (SSSR count). The second-order valence-electron chi connectivity index (χ2n) is 4.19. The standard InChI is InChI=1S/C13H12FN5/c1-19-5-4-15-12(19)7-16-13-10-6-9(14)2-3-11(10)17-8-18-13/h2-6,8H,7H2,1H3,(H,16,17,18). The summed E-state index contributed by atoms with van der Waals surface area (Å²) in [6.45, 7) is 0.520. The molecule has 5 nitrogen and oxygen atoms in total. The quantitative estimate of drug-likeness (QED) is 0.780. The molecule has 0 atom stereocenters. The van der Waals surface area contributed by atoms with Gasteiger partial charge in [-0.25, -0.2) is 19.3 Å². The first-order valence-electron chi connectivity index (χ1n) is 5.84. The topological polar surface area (TPSA) is 55.6 Å². The van der Waals surface area contributed by atoms with E-state index in [-0.39, 0.29) is 5.82 Å². The molecule has 0 spiro atoms. The number of hydrogen-bond acceptors (Lipinski definition) is 4. The summed E-state index contributed by atoms with van der Waals surface area (Å²) in [6.07, 6.45) is 5.06. The molecule has 96 valence electrons. The first kappa shape index (κ1) is 11.6. The zero-order chi connectivity index (χ0) is 13.2. The van der Waals surface area contributed by atoms with Gasteiger partial charge >= 0.3 is 0 Å². The van der Waals surface area contributed by atoms with Gasteiger partial charge in [-0.3, -0.25) is 0 Å². The second kappa shape index (κ2) is 4.64. The predicted molar refractivity (Wildman–Crippen MR) is 70.0 cm³/mol. The SMILES string of the molecule is Cn1ccnc1CNc1ncnc2ccc(F)cc12. The summed E-state index contributed by atoms with van der Waals surface area (Å²) in [6, 6.07) is 4.45. The highest BCUT2D eigenvalue weighted by molar-refractivity contribution is 5.88. The lowest BCUT2D eigenvalue weighted by molar-refractivity contribution is 0.629. The Hall–Kier alpha value is -2.50. The van der Waals surface area contributed by atoms with E-state index in [1.165, 1.54) is 18.5 Å². The zero-order valence-corrected chi connectivity index (χ0v) is 10.3. The molecule has 0 radical (unpaired) electrons. The van der Waals surface area contributed by atoms with Crippen LogP contribution in [0.25, 0.3) is 10.9 Å². The van der Waals surface area contributed by atoms with Gasteiger partial charge in [-0.2, -0.15) is 0 Å². The average Bonchev–Trinajstić information content (AvgIpc) is 2.82. The predicted octanol–water partition coefficient (Wildman–Crippen LogP) is 2.11. The molecular formula is C13H12FN5. The third-order valence-electron chi connectivity index (χ3n) is 2.93. The molecule has 0 amide bonds. The molecule has 0 bridgehead atoms. The van der Waals surface area contributed by atoms with E-state index in [0.29, 0.717) is 23.3 Å². The third-order valence-corrected chi connectivity index (χ3v) is 2.93. The molecule has 0 fully saturated rings. The maximum Gasteiger partial charge on any atom is 0.137 e. The van der Waals surface area contributed by atoms with Crippen molar-refractivity contribution in [2.45, 2.75) is 6.54 Å². The van der Waals surface area contributed by atoms with Crippen LogP contribution in [0.5, 0.6) is 0 Å². The van der Waals surface area contributed by atoms with Gasteiger partial charge in [0.2, 0.25) is 0 Å². The molecule has 0 saturated carbocycles. The van der Waals surface area contributed by atoms with Gasteiger partial charge in [-0.05, 0) is 18.2 Å². The summed E-state index contributed by atoms with van der Waals surface area (Å²) in [4.78, 5) is 12.5. The van der Waals surface area contributed by atoms with E-state index in [4.69, 9.17) is 0 Å². The lowest BCUT2D eigenvalue weighted by Crippen LogP contribution is -2.07. The van der Waals surface area contributed by atoms with E-state index in [0.717, 1.165) is 5.82 Å². The van der Waals surface area contributed by atoms with Gasteiger partial charge in [0, 0.05) is 24.8 Å². The Labute approximate surface area is 109 Å². The fourth-order valence-electron chi connectivity index (χ4n) is 1.90. The van der Waals surface area contributed by atoms with E-state index < -0.39 is 0 Å². The number of fused-ring (bicyclic) bond motifs is 1. The summed E-state index contributed by atoms with van der Waals surface area (Å²) < 4.78 is 15.2. The molecular weight excluding hydrogens is 245 g/mol. The number of aromatic nitrogens is 4. The maximum atomic E-state index is 13.3. The molecule has 1 aromatic carbocycles. The number of hydrogen-bond donors (Lipinski definition) is 1. The highest BCUT2D eigenvalue weighted by Gasteiger charge is 2.06. The molecule has 0 aliphatic heterocycles. The summed E-state index contributed by atoms with van der Waals surface area (Å²) in [7, 11) is 1.92. The number of aryl methyl sites for hydroxylation is 1. The largest absolute Gasteiger partial charge is 0.362 e. The molecule has 0 aliphatic rings. The minimum atomic E-state index is -0.303. The Morgan fingerprint density at radius 2 is 2.16 bits per heavy atom. The lowest BCUT2D eigenvalue weighted by atomic mass is 10.2. The van der Waals surface area contributed by atoms with Gasteiger partial charge in [0.1, 0.15) is 23.8 Å². The maximum absolute atomic E-state index is 13.3. The van der Waals surface area contributed by atoms with Crippen LogP contribution in [-0.2, 0) is 13.6 Å². The fraction of sp³-hybridized carbons (Fsp3) is 0.154. The summed E-state index contributed by atoms with van der Waals surface area (Å²) in [5.74, 6) is 1.18. The summed E-state index contributed by atoms with van der Waals surface area (Å²) >= 11 is 0. The third kappa shape index (κ3) is 2.24. The van der Waals surface area contributed by atoms with Gasteiger partial charge in [-0.15, -0.1) is 0 Å². The average molecular weight is 257 g/mol. The van der Waals surface area contributed by atoms with Crippen molar-refractivity contribution in [1.82, 2.24) is 19.5 Å². The van der Waals surface area contributed by atoms with Gasteiger partial charge in [-0.1, -0.05) is 0 Å². The van der Waals surface area contributed by atoms with Gasteiger partial charge in [0.05, 0.1) is 12.1 Å². The van der Waals surface area contributed by atoms with Crippen LogP contribution in [0.15, 0.2) is 36.9 Å². The van der Waals surface area contributed by atoms with Gasteiger partial charge < -0.3 is 9.88 Å². The highest BCUT2D eigenvalue weighted by atomic mass is 19.1. The molecule has 2 heterocycles. The molecule has 19 heavy (non-hydrogen) atoms. The van der Waals surface area contributed by atoms with Crippen LogP contribution in [0, 0.1) is 5.82 Å². The van der Waals surface area contributed by atoms with Crippen LogP contribution in [0.2, 0.25) is 0 Å². The number of rotatable bonds is 3. The first-order valence-corrected chi connectivity index (χ1v) is 5.84.